The van der Waals surface area contributed by atoms with Gasteiger partial charge >= 0.3 is 0 Å². The molecule has 0 aromatic heterocycles. The molecule has 5 saturated carbocycles. The highest BCUT2D eigenvalue weighted by Gasteiger charge is 2.79. The molecule has 0 amide bonds. The monoisotopic (exact) mass is 258 g/mol. The lowest BCUT2D eigenvalue weighted by Crippen LogP contribution is -2.41. The van der Waals surface area contributed by atoms with Gasteiger partial charge in [0.05, 0.1) is 11.4 Å². The van der Waals surface area contributed by atoms with Crippen LogP contribution < -0.4 is 0 Å². The summed E-state index contributed by atoms with van der Waals surface area (Å²) in [7, 11) is 0. The Kier molecular flexibility index (Phi) is 1.59. The Hall–Kier alpha value is -1.32. The summed E-state index contributed by atoms with van der Waals surface area (Å²) in [5.41, 5.74) is 4.82. The minimum Gasteiger partial charge on any atom is -0.411 e. The fourth-order valence-electron chi connectivity index (χ4n) is 6.74. The molecule has 4 heteroatoms. The molecular weight excluding hydrogens is 240 g/mol. The quantitative estimate of drug-likeness (QED) is 0.398. The normalized spacial score (nSPS) is 59.4. The van der Waals surface area contributed by atoms with E-state index in [0.717, 1.165) is 17.8 Å². The van der Waals surface area contributed by atoms with Crippen molar-refractivity contribution in [3.8, 4) is 0 Å². The van der Waals surface area contributed by atoms with Crippen molar-refractivity contribution >= 4 is 11.4 Å². The zero-order chi connectivity index (χ0) is 13.0. The Labute approximate surface area is 111 Å². The van der Waals surface area contributed by atoms with E-state index in [-0.39, 0.29) is 0 Å². The Morgan fingerprint density at radius 3 is 1.74 bits per heavy atom. The van der Waals surface area contributed by atoms with E-state index in [4.69, 9.17) is 0 Å². The summed E-state index contributed by atoms with van der Waals surface area (Å²) >= 11 is 0. The second-order valence-corrected chi connectivity index (χ2v) is 7.22. The SMILES string of the molecule is CC(C)=C1[C@@H]2/C(=N\O)[C@H]3C[C@H]4/C(=N\O)[C@@H]1[C@@H]1[C@@H]2[C@H]3[C@H]14. The van der Waals surface area contributed by atoms with Crippen molar-refractivity contribution in [2.45, 2.75) is 20.3 Å². The maximum atomic E-state index is 9.48. The third-order valence-electron chi connectivity index (χ3n) is 6.86. The Bertz CT molecular complexity index is 543. The topological polar surface area (TPSA) is 65.2 Å². The van der Waals surface area contributed by atoms with E-state index in [9.17, 15) is 10.4 Å². The average Bonchev–Trinajstić information content (AvgIpc) is 2.89. The van der Waals surface area contributed by atoms with E-state index in [1.165, 1.54) is 11.1 Å². The van der Waals surface area contributed by atoms with E-state index in [2.05, 4.69) is 24.2 Å². The summed E-state index contributed by atoms with van der Waals surface area (Å²) < 4.78 is 0. The van der Waals surface area contributed by atoms with Crippen LogP contribution >= 0.6 is 0 Å². The molecule has 8 atom stereocenters. The van der Waals surface area contributed by atoms with Crippen molar-refractivity contribution in [2.75, 3.05) is 0 Å². The summed E-state index contributed by atoms with van der Waals surface area (Å²) in [5, 5.41) is 26.4. The second kappa shape index (κ2) is 2.89. The van der Waals surface area contributed by atoms with Crippen molar-refractivity contribution in [1.29, 1.82) is 0 Å². The lowest BCUT2D eigenvalue weighted by Gasteiger charge is -2.43. The lowest BCUT2D eigenvalue weighted by molar-refractivity contribution is 0.0202. The highest BCUT2D eigenvalue weighted by molar-refractivity contribution is 6.05. The number of hydrogen-bond acceptors (Lipinski definition) is 4. The number of hydrogen-bond donors (Lipinski definition) is 2. The Morgan fingerprint density at radius 2 is 1.37 bits per heavy atom. The number of oxime groups is 2. The predicted octanol–water partition coefficient (Wildman–Crippen LogP) is 2.37. The van der Waals surface area contributed by atoms with Crippen molar-refractivity contribution in [2.24, 2.45) is 57.7 Å². The third-order valence-corrected chi connectivity index (χ3v) is 6.86. The van der Waals surface area contributed by atoms with Crippen molar-refractivity contribution in [3.05, 3.63) is 11.1 Å². The van der Waals surface area contributed by atoms with Gasteiger partial charge in [-0.3, -0.25) is 0 Å². The Balaban J connectivity index is 1.82. The molecule has 0 heterocycles. The predicted molar refractivity (Wildman–Crippen MR) is 69.4 cm³/mol. The number of rotatable bonds is 0. The minimum absolute atomic E-state index is 0.342. The molecule has 5 fully saturated rings. The lowest BCUT2D eigenvalue weighted by atomic mass is 9.60. The van der Waals surface area contributed by atoms with Gasteiger partial charge in [-0.1, -0.05) is 21.5 Å². The van der Waals surface area contributed by atoms with Crippen molar-refractivity contribution < 1.29 is 10.4 Å². The van der Waals surface area contributed by atoms with Crippen molar-refractivity contribution in [1.82, 2.24) is 0 Å². The largest absolute Gasteiger partial charge is 0.411 e. The fraction of sp³-hybridized carbons (Fsp3) is 0.733. The molecule has 0 bridgehead atoms. The van der Waals surface area contributed by atoms with Gasteiger partial charge in [0.25, 0.3) is 0 Å². The van der Waals surface area contributed by atoms with E-state index < -0.39 is 0 Å². The van der Waals surface area contributed by atoms with Gasteiger partial charge in [-0.25, -0.2) is 0 Å². The molecule has 5 aliphatic rings. The summed E-state index contributed by atoms with van der Waals surface area (Å²) in [4.78, 5) is 0. The van der Waals surface area contributed by atoms with Crippen LogP contribution in [0, 0.1) is 47.3 Å². The van der Waals surface area contributed by atoms with Gasteiger partial charge in [0.15, 0.2) is 0 Å². The van der Waals surface area contributed by atoms with Crippen molar-refractivity contribution in [3.63, 3.8) is 0 Å². The summed E-state index contributed by atoms with van der Waals surface area (Å²) in [6.07, 6.45) is 1.05. The molecule has 100 valence electrons. The first-order chi connectivity index (χ1) is 9.20. The molecule has 5 rings (SSSR count). The maximum absolute atomic E-state index is 9.48. The van der Waals surface area contributed by atoms with Crippen LogP contribution in [0.1, 0.15) is 20.3 Å². The second-order valence-electron chi connectivity index (χ2n) is 7.22. The van der Waals surface area contributed by atoms with Crippen LogP contribution in [0.4, 0.5) is 0 Å². The minimum atomic E-state index is 0.342. The molecule has 0 aromatic carbocycles. The summed E-state index contributed by atoms with van der Waals surface area (Å²) in [5.74, 6) is 4.30. The molecule has 19 heavy (non-hydrogen) atoms. The van der Waals surface area contributed by atoms with Gasteiger partial charge < -0.3 is 10.4 Å². The van der Waals surface area contributed by atoms with E-state index >= 15 is 0 Å². The van der Waals surface area contributed by atoms with Gasteiger partial charge in [-0.15, -0.1) is 0 Å². The number of allylic oxidation sites excluding steroid dienone is 2. The molecular formula is C15H18N2O2. The first kappa shape index (κ1) is 10.5. The highest BCUT2D eigenvalue weighted by Crippen LogP contribution is 2.79. The number of nitrogens with zero attached hydrogens (tertiary/aromatic N) is 2. The van der Waals surface area contributed by atoms with E-state index in [1.807, 2.05) is 0 Å². The van der Waals surface area contributed by atoms with E-state index in [1.54, 1.807) is 0 Å². The first-order valence-corrected chi connectivity index (χ1v) is 7.31. The molecule has 2 N–H and O–H groups in total. The van der Waals surface area contributed by atoms with Gasteiger partial charge in [0.1, 0.15) is 0 Å². The van der Waals surface area contributed by atoms with Crippen LogP contribution in [-0.4, -0.2) is 21.8 Å². The molecule has 4 nitrogen and oxygen atoms in total. The van der Waals surface area contributed by atoms with Gasteiger partial charge in [0.2, 0.25) is 0 Å². The molecule has 0 aliphatic heterocycles. The van der Waals surface area contributed by atoms with Crippen LogP contribution in [0.25, 0.3) is 0 Å². The standard InChI is InChI=1S/C15H18N2O2/c1-4(2)7-12-10-8-5(14(12)16-18)3-6-9(8)11(10)13(7)15(6)17-19/h5-6,8-13,18-19H,3H2,1-2H3/b16-14-,17-15+/t5-,6+,8+,9+,10-,11-,12-,13-/m0/s1. The molecule has 0 spiro atoms. The first-order valence-electron chi connectivity index (χ1n) is 7.31. The molecule has 0 saturated heterocycles. The Morgan fingerprint density at radius 1 is 0.895 bits per heavy atom. The fourth-order valence-corrected chi connectivity index (χ4v) is 6.74. The van der Waals surface area contributed by atoms with Crippen LogP contribution in [0.15, 0.2) is 21.5 Å². The average molecular weight is 258 g/mol. The smallest absolute Gasteiger partial charge is 0.0679 e. The molecule has 0 aromatic rings. The van der Waals surface area contributed by atoms with Crippen LogP contribution in [0.2, 0.25) is 0 Å². The summed E-state index contributed by atoms with van der Waals surface area (Å²) in [6, 6.07) is 0. The molecule has 0 radical (unpaired) electrons. The summed E-state index contributed by atoms with van der Waals surface area (Å²) in [6.45, 7) is 4.30. The van der Waals surface area contributed by atoms with Gasteiger partial charge in [0, 0.05) is 23.7 Å². The van der Waals surface area contributed by atoms with Gasteiger partial charge in [-0.2, -0.15) is 0 Å². The maximum Gasteiger partial charge on any atom is 0.0679 e. The zero-order valence-electron chi connectivity index (χ0n) is 11.1. The highest BCUT2D eigenvalue weighted by atomic mass is 16.4. The molecule has 5 aliphatic carbocycles. The van der Waals surface area contributed by atoms with E-state index in [0.29, 0.717) is 47.3 Å². The van der Waals surface area contributed by atoms with Gasteiger partial charge in [-0.05, 0) is 43.9 Å². The van der Waals surface area contributed by atoms with Crippen LogP contribution in [0.3, 0.4) is 0 Å². The molecule has 0 unspecified atom stereocenters. The van der Waals surface area contributed by atoms with Crippen LogP contribution in [0.5, 0.6) is 0 Å². The van der Waals surface area contributed by atoms with Crippen LogP contribution in [-0.2, 0) is 0 Å². The third kappa shape index (κ3) is 0.808. The zero-order valence-corrected chi connectivity index (χ0v) is 11.1.